The predicted octanol–water partition coefficient (Wildman–Crippen LogP) is 0.100. The van der Waals surface area contributed by atoms with Gasteiger partial charge in [-0.05, 0) is 64.0 Å². The second kappa shape index (κ2) is 10.7. The van der Waals surface area contributed by atoms with Crippen LogP contribution in [0.1, 0.15) is 51.4 Å². The maximum absolute atomic E-state index is 12.6. The lowest BCUT2D eigenvalue weighted by molar-refractivity contribution is -0.142. The summed E-state index contributed by atoms with van der Waals surface area (Å²) in [6.45, 7) is 2.94. The highest BCUT2D eigenvalue weighted by atomic mass is 16.4. The summed E-state index contributed by atoms with van der Waals surface area (Å²) >= 11 is 0. The third-order valence-corrected chi connectivity index (χ3v) is 6.41. The Hall–Kier alpha value is -2.16. The van der Waals surface area contributed by atoms with E-state index >= 15 is 0 Å². The second-order valence-corrected chi connectivity index (χ2v) is 8.83. The number of piperidine rings is 2. The number of likely N-dealkylation sites (tertiary alicyclic amines) is 1. The van der Waals surface area contributed by atoms with Gasteiger partial charge in [-0.25, -0.2) is 4.79 Å². The molecule has 0 unspecified atom stereocenters. The number of carbonyl (C=O) groups excluding carboxylic acids is 3. The summed E-state index contributed by atoms with van der Waals surface area (Å²) in [5.41, 5.74) is 0. The Kier molecular flexibility index (Phi) is 8.07. The summed E-state index contributed by atoms with van der Waals surface area (Å²) in [6.07, 6.45) is 6.65. The van der Waals surface area contributed by atoms with Gasteiger partial charge in [-0.1, -0.05) is 0 Å². The molecular weight excluding hydrogens is 388 g/mol. The molecule has 3 amide bonds. The van der Waals surface area contributed by atoms with Crippen molar-refractivity contribution in [3.05, 3.63) is 0 Å². The highest BCUT2D eigenvalue weighted by Crippen LogP contribution is 2.28. The first-order valence-electron chi connectivity index (χ1n) is 11.2. The van der Waals surface area contributed by atoms with E-state index in [2.05, 4.69) is 16.0 Å². The van der Waals surface area contributed by atoms with Gasteiger partial charge in [0.1, 0.15) is 6.04 Å². The van der Waals surface area contributed by atoms with Crippen molar-refractivity contribution in [1.82, 2.24) is 20.9 Å². The molecule has 0 aromatic carbocycles. The fraction of sp³-hybridized carbons (Fsp3) is 0.810. The first-order valence-corrected chi connectivity index (χ1v) is 11.2. The van der Waals surface area contributed by atoms with E-state index in [1.54, 1.807) is 4.90 Å². The Bertz CT molecular complexity index is 645. The van der Waals surface area contributed by atoms with Crippen LogP contribution < -0.4 is 16.0 Å². The Balaban J connectivity index is 1.41. The molecule has 3 aliphatic rings. The maximum Gasteiger partial charge on any atom is 0.328 e. The molecule has 4 N–H and O–H groups in total. The number of amides is 3. The zero-order valence-electron chi connectivity index (χ0n) is 17.5. The summed E-state index contributed by atoms with van der Waals surface area (Å²) in [5.74, 6) is -1.41. The number of hydrogen-bond acceptors (Lipinski definition) is 5. The number of nitrogens with one attached hydrogen (secondary N) is 3. The van der Waals surface area contributed by atoms with Gasteiger partial charge in [0.15, 0.2) is 0 Å². The second-order valence-electron chi connectivity index (χ2n) is 8.83. The van der Waals surface area contributed by atoms with Crippen LogP contribution in [0.25, 0.3) is 0 Å². The van der Waals surface area contributed by atoms with Crippen molar-refractivity contribution in [2.24, 2.45) is 17.8 Å². The van der Waals surface area contributed by atoms with E-state index in [0.29, 0.717) is 31.8 Å². The summed E-state index contributed by atoms with van der Waals surface area (Å²) in [4.78, 5) is 50.2. The minimum Gasteiger partial charge on any atom is -0.480 e. The van der Waals surface area contributed by atoms with Crippen LogP contribution in [-0.2, 0) is 19.2 Å². The summed E-state index contributed by atoms with van der Waals surface area (Å²) < 4.78 is 0. The molecule has 0 aromatic rings. The van der Waals surface area contributed by atoms with Gasteiger partial charge in [-0.15, -0.1) is 0 Å². The van der Waals surface area contributed by atoms with Crippen LogP contribution in [0.4, 0.5) is 0 Å². The number of carboxylic acids is 1. The van der Waals surface area contributed by atoms with Crippen LogP contribution in [0.15, 0.2) is 0 Å². The third kappa shape index (κ3) is 6.68. The fourth-order valence-corrected chi connectivity index (χ4v) is 4.26. The number of carbonyl (C=O) groups is 4. The van der Waals surface area contributed by atoms with Gasteiger partial charge in [-0.3, -0.25) is 14.4 Å². The molecule has 0 spiro atoms. The van der Waals surface area contributed by atoms with Crippen molar-refractivity contribution in [3.8, 4) is 0 Å². The number of rotatable bonds is 9. The summed E-state index contributed by atoms with van der Waals surface area (Å²) in [5, 5.41) is 17.8. The molecule has 0 bridgehead atoms. The van der Waals surface area contributed by atoms with E-state index in [0.717, 1.165) is 51.6 Å². The van der Waals surface area contributed by atoms with Gasteiger partial charge in [0, 0.05) is 32.0 Å². The summed E-state index contributed by atoms with van der Waals surface area (Å²) in [7, 11) is 0. The van der Waals surface area contributed by atoms with Crippen LogP contribution in [-0.4, -0.2) is 72.5 Å². The lowest BCUT2D eigenvalue weighted by Crippen LogP contribution is -2.51. The maximum atomic E-state index is 12.6. The first-order chi connectivity index (χ1) is 14.4. The Morgan fingerprint density at radius 3 is 2.40 bits per heavy atom. The van der Waals surface area contributed by atoms with E-state index < -0.39 is 12.0 Å². The fourth-order valence-electron chi connectivity index (χ4n) is 4.26. The monoisotopic (exact) mass is 422 g/mol. The van der Waals surface area contributed by atoms with Gasteiger partial charge in [0.25, 0.3) is 0 Å². The number of carboxylic acid groups (broad SMARTS) is 1. The van der Waals surface area contributed by atoms with Crippen LogP contribution in [0.2, 0.25) is 0 Å². The molecule has 1 aliphatic carbocycles. The lowest BCUT2D eigenvalue weighted by atomic mass is 9.92. The number of nitrogens with zero attached hydrogens (tertiary/aromatic N) is 1. The molecule has 3 rings (SSSR count). The van der Waals surface area contributed by atoms with E-state index in [4.69, 9.17) is 0 Å². The van der Waals surface area contributed by atoms with Gasteiger partial charge in [-0.2, -0.15) is 0 Å². The van der Waals surface area contributed by atoms with Crippen molar-refractivity contribution in [3.63, 3.8) is 0 Å². The van der Waals surface area contributed by atoms with Crippen molar-refractivity contribution in [2.45, 2.75) is 57.4 Å². The minimum atomic E-state index is -1.16. The van der Waals surface area contributed by atoms with Crippen molar-refractivity contribution >= 4 is 23.7 Å². The van der Waals surface area contributed by atoms with E-state index in [1.807, 2.05) is 0 Å². The molecule has 9 nitrogen and oxygen atoms in total. The van der Waals surface area contributed by atoms with Gasteiger partial charge >= 0.3 is 5.97 Å². The molecule has 0 aromatic heterocycles. The van der Waals surface area contributed by atoms with Crippen molar-refractivity contribution in [2.75, 3.05) is 32.7 Å². The van der Waals surface area contributed by atoms with Crippen LogP contribution in [0, 0.1) is 17.8 Å². The topological polar surface area (TPSA) is 128 Å². The zero-order chi connectivity index (χ0) is 21.5. The predicted molar refractivity (Wildman–Crippen MR) is 109 cm³/mol. The Morgan fingerprint density at radius 1 is 1.00 bits per heavy atom. The average Bonchev–Trinajstić information content (AvgIpc) is 3.60. The average molecular weight is 423 g/mol. The minimum absolute atomic E-state index is 0.0923. The zero-order valence-corrected chi connectivity index (χ0v) is 17.5. The first kappa shape index (κ1) is 22.5. The normalized spacial score (nSPS) is 23.5. The van der Waals surface area contributed by atoms with Crippen LogP contribution in [0.3, 0.4) is 0 Å². The number of aliphatic carboxylic acids is 1. The van der Waals surface area contributed by atoms with Crippen LogP contribution in [0.5, 0.6) is 0 Å². The quantitative estimate of drug-likeness (QED) is 0.417. The molecule has 9 heteroatoms. The van der Waals surface area contributed by atoms with E-state index in [9.17, 15) is 24.3 Å². The molecule has 30 heavy (non-hydrogen) atoms. The summed E-state index contributed by atoms with van der Waals surface area (Å²) in [6, 6.07) is -1.13. The van der Waals surface area contributed by atoms with E-state index in [1.165, 1.54) is 0 Å². The molecule has 0 radical (unpaired) electrons. The van der Waals surface area contributed by atoms with Crippen molar-refractivity contribution < 1.29 is 24.3 Å². The molecule has 2 heterocycles. The molecule has 3 fully saturated rings. The number of hydrogen-bond donors (Lipinski definition) is 4. The molecule has 2 saturated heterocycles. The van der Waals surface area contributed by atoms with Crippen LogP contribution >= 0.6 is 0 Å². The lowest BCUT2D eigenvalue weighted by Gasteiger charge is -2.33. The molecule has 1 saturated carbocycles. The molecule has 2 atom stereocenters. The Labute approximate surface area is 177 Å². The largest absolute Gasteiger partial charge is 0.480 e. The highest BCUT2D eigenvalue weighted by Gasteiger charge is 2.33. The SMILES string of the molecule is O=C(N[C@@H](CNC(=O)[C@@H]1CCCN(C(=O)CCC2CCNCC2)C1)C(=O)O)C1CC1. The molecular formula is C21H34N4O5. The van der Waals surface area contributed by atoms with Gasteiger partial charge < -0.3 is 26.0 Å². The van der Waals surface area contributed by atoms with Gasteiger partial charge in [0.05, 0.1) is 5.92 Å². The highest BCUT2D eigenvalue weighted by molar-refractivity contribution is 5.87. The third-order valence-electron chi connectivity index (χ3n) is 6.41. The standard InChI is InChI=1S/C21H34N4O5/c26-18(6-3-14-7-9-22-10-8-14)25-11-1-2-16(13-25)19(27)23-12-17(21(29)30)24-20(28)15-4-5-15/h14-17,22H,1-13H2,(H,23,27)(H,24,28)(H,29,30)/t16-,17+/m1/s1. The van der Waals surface area contributed by atoms with E-state index in [-0.39, 0.29) is 36.1 Å². The Morgan fingerprint density at radius 2 is 1.73 bits per heavy atom. The smallest absolute Gasteiger partial charge is 0.328 e. The van der Waals surface area contributed by atoms with Gasteiger partial charge in [0.2, 0.25) is 17.7 Å². The molecule has 2 aliphatic heterocycles. The van der Waals surface area contributed by atoms with Crippen molar-refractivity contribution in [1.29, 1.82) is 0 Å². The molecule has 168 valence electrons.